The van der Waals surface area contributed by atoms with Gasteiger partial charge >= 0.3 is 0 Å². The summed E-state index contributed by atoms with van der Waals surface area (Å²) in [7, 11) is 0. The second-order valence-electron chi connectivity index (χ2n) is 3.23. The lowest BCUT2D eigenvalue weighted by molar-refractivity contribution is 0.0154. The molecule has 0 aromatic carbocycles. The molecule has 0 amide bonds. The van der Waals surface area contributed by atoms with Gasteiger partial charge in [-0.25, -0.2) is 0 Å². The van der Waals surface area contributed by atoms with Gasteiger partial charge in [0.05, 0.1) is 19.3 Å². The van der Waals surface area contributed by atoms with Crippen LogP contribution >= 0.6 is 0 Å². The van der Waals surface area contributed by atoms with E-state index in [9.17, 15) is 0 Å². The summed E-state index contributed by atoms with van der Waals surface area (Å²) in [4.78, 5) is 0. The van der Waals surface area contributed by atoms with Crippen LogP contribution in [0, 0.1) is 0 Å². The van der Waals surface area contributed by atoms with E-state index in [1.165, 1.54) is 0 Å². The predicted octanol–water partition coefficient (Wildman–Crippen LogP) is 0.790. The molecule has 1 fully saturated rings. The van der Waals surface area contributed by atoms with Gasteiger partial charge in [-0.1, -0.05) is 0 Å². The second-order valence-corrected chi connectivity index (χ2v) is 3.23. The summed E-state index contributed by atoms with van der Waals surface area (Å²) in [5, 5.41) is 3.34. The first-order valence-electron chi connectivity index (χ1n) is 4.75. The fraction of sp³-hybridized carbons (Fsp3) is 1.00. The molecule has 3 heteroatoms. The van der Waals surface area contributed by atoms with Crippen molar-refractivity contribution in [2.45, 2.75) is 32.4 Å². The van der Waals surface area contributed by atoms with E-state index in [1.807, 2.05) is 6.92 Å². The quantitative estimate of drug-likeness (QED) is 0.623. The monoisotopic (exact) mass is 173 g/mol. The van der Waals surface area contributed by atoms with Gasteiger partial charge in [0.2, 0.25) is 0 Å². The first-order valence-corrected chi connectivity index (χ1v) is 4.75. The lowest BCUT2D eigenvalue weighted by Crippen LogP contribution is -2.20. The zero-order valence-corrected chi connectivity index (χ0v) is 8.01. The Morgan fingerprint density at radius 3 is 2.83 bits per heavy atom. The van der Waals surface area contributed by atoms with E-state index in [4.69, 9.17) is 9.47 Å². The lowest BCUT2D eigenvalue weighted by Gasteiger charge is -2.09. The van der Waals surface area contributed by atoms with E-state index in [2.05, 4.69) is 12.2 Å². The van der Waals surface area contributed by atoms with Crippen molar-refractivity contribution in [3.63, 3.8) is 0 Å². The first kappa shape index (κ1) is 9.96. The lowest BCUT2D eigenvalue weighted by atomic mass is 10.2. The van der Waals surface area contributed by atoms with Gasteiger partial charge in [0.15, 0.2) is 0 Å². The van der Waals surface area contributed by atoms with Gasteiger partial charge < -0.3 is 14.8 Å². The molecule has 1 N–H and O–H groups in total. The summed E-state index contributed by atoms with van der Waals surface area (Å²) >= 11 is 0. The fourth-order valence-electron chi connectivity index (χ4n) is 1.44. The highest BCUT2D eigenvalue weighted by Gasteiger charge is 2.20. The number of hydrogen-bond acceptors (Lipinski definition) is 3. The topological polar surface area (TPSA) is 30.5 Å². The van der Waals surface area contributed by atoms with Gasteiger partial charge in [-0.15, -0.1) is 0 Å². The average molecular weight is 173 g/mol. The molecule has 0 spiro atoms. The molecule has 3 nitrogen and oxygen atoms in total. The van der Waals surface area contributed by atoms with Gasteiger partial charge in [0.1, 0.15) is 0 Å². The zero-order valence-electron chi connectivity index (χ0n) is 8.01. The minimum atomic E-state index is 0.403. The maximum atomic E-state index is 5.59. The summed E-state index contributed by atoms with van der Waals surface area (Å²) in [5.41, 5.74) is 0. The Bertz CT molecular complexity index is 119. The van der Waals surface area contributed by atoms with Crippen molar-refractivity contribution in [1.82, 2.24) is 5.32 Å². The van der Waals surface area contributed by atoms with E-state index >= 15 is 0 Å². The summed E-state index contributed by atoms with van der Waals surface area (Å²) in [6, 6.07) is 0.613. The van der Waals surface area contributed by atoms with Crippen LogP contribution in [0.15, 0.2) is 0 Å². The van der Waals surface area contributed by atoms with E-state index in [0.29, 0.717) is 12.1 Å². The van der Waals surface area contributed by atoms with Crippen molar-refractivity contribution in [2.24, 2.45) is 0 Å². The minimum Gasteiger partial charge on any atom is -0.379 e. The van der Waals surface area contributed by atoms with E-state index in [-0.39, 0.29) is 0 Å². The average Bonchev–Trinajstić information content (AvgIpc) is 2.45. The molecule has 0 aromatic rings. The molecule has 0 saturated carbocycles. The molecule has 72 valence electrons. The molecule has 0 unspecified atom stereocenters. The van der Waals surface area contributed by atoms with Crippen LogP contribution in [-0.4, -0.2) is 38.5 Å². The highest BCUT2D eigenvalue weighted by molar-refractivity contribution is 4.78. The van der Waals surface area contributed by atoms with E-state index in [1.54, 1.807) is 0 Å². The van der Waals surface area contributed by atoms with Crippen LogP contribution in [0.5, 0.6) is 0 Å². The molecule has 1 aliphatic heterocycles. The van der Waals surface area contributed by atoms with Crippen LogP contribution in [0.3, 0.4) is 0 Å². The maximum Gasteiger partial charge on any atom is 0.0715 e. The molecular formula is C9H19NO2. The molecule has 12 heavy (non-hydrogen) atoms. The van der Waals surface area contributed by atoms with Crippen molar-refractivity contribution in [2.75, 3.05) is 26.4 Å². The van der Waals surface area contributed by atoms with Crippen LogP contribution < -0.4 is 5.32 Å². The molecule has 1 rings (SSSR count). The molecule has 1 heterocycles. The summed E-state index contributed by atoms with van der Waals surface area (Å²) in [5.74, 6) is 0. The van der Waals surface area contributed by atoms with Crippen molar-refractivity contribution in [3.8, 4) is 0 Å². The number of hydrogen-bond donors (Lipinski definition) is 1. The Balaban J connectivity index is 1.93. The molecule has 1 aliphatic rings. The fourth-order valence-corrected chi connectivity index (χ4v) is 1.44. The highest BCUT2D eigenvalue weighted by atomic mass is 16.5. The maximum absolute atomic E-state index is 5.59. The number of rotatable bonds is 5. The molecule has 0 aliphatic carbocycles. The molecule has 1 saturated heterocycles. The van der Waals surface area contributed by atoms with Crippen molar-refractivity contribution >= 4 is 0 Å². The van der Waals surface area contributed by atoms with Crippen LogP contribution in [0.25, 0.3) is 0 Å². The number of ether oxygens (including phenoxy) is 2. The zero-order chi connectivity index (χ0) is 8.81. The minimum absolute atomic E-state index is 0.403. The SMILES string of the molecule is CCOCCO[C@H]1CN[C@H](C)C1. The van der Waals surface area contributed by atoms with Crippen molar-refractivity contribution in [3.05, 3.63) is 0 Å². The van der Waals surface area contributed by atoms with Crippen LogP contribution in [-0.2, 0) is 9.47 Å². The van der Waals surface area contributed by atoms with Gasteiger partial charge in [0.25, 0.3) is 0 Å². The summed E-state index contributed by atoms with van der Waals surface area (Å²) < 4.78 is 10.8. The third kappa shape index (κ3) is 3.52. The standard InChI is InChI=1S/C9H19NO2/c1-3-11-4-5-12-9-6-8(2)10-7-9/h8-10H,3-7H2,1-2H3/t8-,9-/m1/s1. The molecule has 0 radical (unpaired) electrons. The Morgan fingerprint density at radius 1 is 1.42 bits per heavy atom. The third-order valence-electron chi connectivity index (χ3n) is 2.10. The molecule has 2 atom stereocenters. The van der Waals surface area contributed by atoms with Crippen LogP contribution in [0.4, 0.5) is 0 Å². The molecular weight excluding hydrogens is 154 g/mol. The Kier molecular flexibility index (Phi) is 4.58. The highest BCUT2D eigenvalue weighted by Crippen LogP contribution is 2.08. The summed E-state index contributed by atoms with van der Waals surface area (Å²) in [6.45, 7) is 7.41. The predicted molar refractivity (Wildman–Crippen MR) is 48.3 cm³/mol. The van der Waals surface area contributed by atoms with Gasteiger partial charge in [-0.3, -0.25) is 0 Å². The molecule has 0 bridgehead atoms. The largest absolute Gasteiger partial charge is 0.379 e. The van der Waals surface area contributed by atoms with Gasteiger partial charge in [-0.05, 0) is 20.3 Å². The normalized spacial score (nSPS) is 29.5. The van der Waals surface area contributed by atoms with E-state index in [0.717, 1.165) is 32.8 Å². The second kappa shape index (κ2) is 5.51. The molecule has 0 aromatic heterocycles. The van der Waals surface area contributed by atoms with E-state index < -0.39 is 0 Å². The number of nitrogens with one attached hydrogen (secondary N) is 1. The van der Waals surface area contributed by atoms with Crippen molar-refractivity contribution < 1.29 is 9.47 Å². The Hall–Kier alpha value is -0.120. The smallest absolute Gasteiger partial charge is 0.0715 e. The van der Waals surface area contributed by atoms with Crippen LogP contribution in [0.2, 0.25) is 0 Å². The van der Waals surface area contributed by atoms with Gasteiger partial charge in [-0.2, -0.15) is 0 Å². The summed E-state index contributed by atoms with van der Waals surface area (Å²) in [6.07, 6.45) is 1.53. The first-order chi connectivity index (χ1) is 5.83. The van der Waals surface area contributed by atoms with Crippen molar-refractivity contribution in [1.29, 1.82) is 0 Å². The Morgan fingerprint density at radius 2 is 2.25 bits per heavy atom. The van der Waals surface area contributed by atoms with Gasteiger partial charge in [0, 0.05) is 19.2 Å². The Labute approximate surface area is 74.4 Å². The van der Waals surface area contributed by atoms with Crippen LogP contribution in [0.1, 0.15) is 20.3 Å². The third-order valence-corrected chi connectivity index (χ3v) is 2.10.